The summed E-state index contributed by atoms with van der Waals surface area (Å²) in [5.74, 6) is -1.83. The molecular formula is C17H19N3O4S. The second-order valence-electron chi connectivity index (χ2n) is 6.58. The molecule has 8 heteroatoms. The monoisotopic (exact) mass is 361 g/mol. The van der Waals surface area contributed by atoms with Crippen molar-refractivity contribution < 1.29 is 19.5 Å². The van der Waals surface area contributed by atoms with Gasteiger partial charge in [-0.15, -0.1) is 11.8 Å². The summed E-state index contributed by atoms with van der Waals surface area (Å²) in [4.78, 5) is 41.7. The summed E-state index contributed by atoms with van der Waals surface area (Å²) >= 11 is 1.39. The van der Waals surface area contributed by atoms with Crippen LogP contribution in [0.5, 0.6) is 0 Å². The molecule has 0 radical (unpaired) electrons. The third-order valence-corrected chi connectivity index (χ3v) is 6.09. The summed E-state index contributed by atoms with van der Waals surface area (Å²) in [5.41, 5.74) is 0.682. The van der Waals surface area contributed by atoms with Gasteiger partial charge < -0.3 is 15.3 Å². The molecule has 2 fully saturated rings. The molecule has 2 saturated heterocycles. The minimum Gasteiger partial charge on any atom is -0.480 e. The van der Waals surface area contributed by atoms with Crippen LogP contribution in [0, 0.1) is 0 Å². The highest BCUT2D eigenvalue weighted by Crippen LogP contribution is 2.50. The number of nitrogens with zero attached hydrogens (tertiary/aromatic N) is 2. The first-order valence-corrected chi connectivity index (χ1v) is 8.70. The van der Waals surface area contributed by atoms with Crippen molar-refractivity contribution >= 4 is 36.3 Å². The third-order valence-electron chi connectivity index (χ3n) is 4.52. The van der Waals surface area contributed by atoms with E-state index in [0.717, 1.165) is 0 Å². The SMILES string of the molecule is C=N[C@H](C(=O)N[C@@H]1C(=O)N2[C@@H]1SC(C)(C)[C@H]2C(=O)O)c1ccccc1. The third kappa shape index (κ3) is 2.80. The van der Waals surface area contributed by atoms with Crippen LogP contribution >= 0.6 is 11.8 Å². The zero-order chi connectivity index (χ0) is 18.4. The fourth-order valence-electron chi connectivity index (χ4n) is 3.35. The average molecular weight is 361 g/mol. The van der Waals surface area contributed by atoms with E-state index in [9.17, 15) is 19.5 Å². The Morgan fingerprint density at radius 1 is 1.36 bits per heavy atom. The smallest absolute Gasteiger partial charge is 0.327 e. The van der Waals surface area contributed by atoms with Crippen molar-refractivity contribution in [3.8, 4) is 0 Å². The number of carbonyl (C=O) groups excluding carboxylic acids is 2. The van der Waals surface area contributed by atoms with Crippen LogP contribution in [0.3, 0.4) is 0 Å². The molecular weight excluding hydrogens is 342 g/mol. The Morgan fingerprint density at radius 3 is 2.56 bits per heavy atom. The minimum absolute atomic E-state index is 0.375. The number of fused-ring (bicyclic) bond motifs is 1. The van der Waals surface area contributed by atoms with Crippen LogP contribution in [0.2, 0.25) is 0 Å². The normalized spacial score (nSPS) is 27.8. The van der Waals surface area contributed by atoms with Crippen LogP contribution in [0.1, 0.15) is 25.5 Å². The number of hydrogen-bond acceptors (Lipinski definition) is 5. The Bertz CT molecular complexity index is 737. The second-order valence-corrected chi connectivity index (χ2v) is 8.35. The molecule has 2 aliphatic heterocycles. The molecule has 1 aromatic carbocycles. The Balaban J connectivity index is 1.75. The van der Waals surface area contributed by atoms with Gasteiger partial charge in [0.25, 0.3) is 0 Å². The molecule has 2 N–H and O–H groups in total. The van der Waals surface area contributed by atoms with Crippen molar-refractivity contribution in [3.63, 3.8) is 0 Å². The van der Waals surface area contributed by atoms with Crippen LogP contribution < -0.4 is 5.32 Å². The lowest BCUT2D eigenvalue weighted by atomic mass is 9.95. The maximum atomic E-state index is 12.5. The molecule has 7 nitrogen and oxygen atoms in total. The van der Waals surface area contributed by atoms with Crippen LogP contribution in [0.4, 0.5) is 0 Å². The van der Waals surface area contributed by atoms with Crippen molar-refractivity contribution in [1.82, 2.24) is 10.2 Å². The van der Waals surface area contributed by atoms with Crippen molar-refractivity contribution in [2.45, 2.75) is 42.1 Å². The van der Waals surface area contributed by atoms with Gasteiger partial charge in [0.2, 0.25) is 11.8 Å². The molecule has 0 aliphatic carbocycles. The van der Waals surface area contributed by atoms with Gasteiger partial charge >= 0.3 is 5.97 Å². The molecule has 0 aromatic heterocycles. The fourth-order valence-corrected chi connectivity index (χ4v) is 4.98. The van der Waals surface area contributed by atoms with E-state index in [4.69, 9.17) is 0 Å². The number of thioether (sulfide) groups is 1. The predicted octanol–water partition coefficient (Wildman–Crippen LogP) is 1.06. The predicted molar refractivity (Wildman–Crippen MR) is 94.4 cm³/mol. The zero-order valence-corrected chi connectivity index (χ0v) is 14.7. The highest BCUT2D eigenvalue weighted by Gasteiger charge is 2.64. The molecule has 2 heterocycles. The van der Waals surface area contributed by atoms with Crippen LogP contribution in [0.25, 0.3) is 0 Å². The van der Waals surface area contributed by atoms with Gasteiger partial charge in [-0.1, -0.05) is 30.3 Å². The number of aliphatic carboxylic acids is 1. The molecule has 2 amide bonds. The molecule has 1 aromatic rings. The van der Waals surface area contributed by atoms with Gasteiger partial charge in [0, 0.05) is 4.75 Å². The number of aliphatic imine (C=N–C) groups is 1. The van der Waals surface area contributed by atoms with Crippen LogP contribution in [-0.2, 0) is 14.4 Å². The Hall–Kier alpha value is -2.35. The van der Waals surface area contributed by atoms with E-state index in [1.165, 1.54) is 16.7 Å². The first-order valence-electron chi connectivity index (χ1n) is 7.82. The lowest BCUT2D eigenvalue weighted by Crippen LogP contribution is -2.70. The summed E-state index contributed by atoms with van der Waals surface area (Å²) in [6.45, 7) is 7.05. The molecule has 0 bridgehead atoms. The zero-order valence-electron chi connectivity index (χ0n) is 13.9. The summed E-state index contributed by atoms with van der Waals surface area (Å²) in [6, 6.07) is 6.51. The van der Waals surface area contributed by atoms with Crippen LogP contribution in [0.15, 0.2) is 35.3 Å². The van der Waals surface area contributed by atoms with Gasteiger partial charge in [0.1, 0.15) is 17.5 Å². The van der Waals surface area contributed by atoms with Gasteiger partial charge in [-0.25, -0.2) is 4.79 Å². The summed E-state index contributed by atoms with van der Waals surface area (Å²) in [6.07, 6.45) is 0. The van der Waals surface area contributed by atoms with Gasteiger partial charge in [-0.3, -0.25) is 14.6 Å². The topological polar surface area (TPSA) is 99.1 Å². The second kappa shape index (κ2) is 6.18. The maximum Gasteiger partial charge on any atom is 0.327 e. The molecule has 4 atom stereocenters. The maximum absolute atomic E-state index is 12.5. The van der Waals surface area contributed by atoms with Crippen molar-refractivity contribution in [3.05, 3.63) is 35.9 Å². The Morgan fingerprint density at radius 2 is 2.00 bits per heavy atom. The average Bonchev–Trinajstić information content (AvgIpc) is 2.82. The van der Waals surface area contributed by atoms with Crippen molar-refractivity contribution in [2.75, 3.05) is 0 Å². The number of benzene rings is 1. The minimum atomic E-state index is -1.03. The number of β-lactam (4-membered cyclic amide) rings is 1. The van der Waals surface area contributed by atoms with E-state index >= 15 is 0 Å². The van der Waals surface area contributed by atoms with E-state index in [-0.39, 0.29) is 11.3 Å². The van der Waals surface area contributed by atoms with Gasteiger partial charge in [-0.05, 0) is 26.1 Å². The molecule has 0 unspecified atom stereocenters. The van der Waals surface area contributed by atoms with Crippen molar-refractivity contribution in [2.24, 2.45) is 4.99 Å². The fraction of sp³-hybridized carbons (Fsp3) is 0.412. The summed E-state index contributed by atoms with van der Waals surface area (Å²) < 4.78 is -0.624. The van der Waals surface area contributed by atoms with E-state index in [0.29, 0.717) is 5.56 Å². The Labute approximate surface area is 149 Å². The number of carboxylic acids is 1. The highest BCUT2D eigenvalue weighted by molar-refractivity contribution is 8.01. The van der Waals surface area contributed by atoms with Crippen LogP contribution in [-0.4, -0.2) is 56.7 Å². The summed E-state index contributed by atoms with van der Waals surface area (Å²) in [5, 5.41) is 11.7. The van der Waals surface area contributed by atoms with E-state index in [1.54, 1.807) is 38.1 Å². The standard InChI is InChI=1S/C17H19N3O4S/c1-17(2)12(16(23)24)20-14(22)11(15(20)25-17)19-13(21)10(18-3)9-7-5-4-6-8-9/h4-8,10-12,15H,3H2,1-2H3,(H,19,21)(H,23,24)/t10-,11+,12+,15+/m0/s1. The molecule has 3 rings (SSSR count). The largest absolute Gasteiger partial charge is 0.480 e. The number of rotatable bonds is 5. The van der Waals surface area contributed by atoms with Gasteiger partial charge in [-0.2, -0.15) is 0 Å². The highest BCUT2D eigenvalue weighted by atomic mass is 32.2. The van der Waals surface area contributed by atoms with Gasteiger partial charge in [0.15, 0.2) is 6.04 Å². The molecule has 2 aliphatic rings. The van der Waals surface area contributed by atoms with Crippen molar-refractivity contribution in [1.29, 1.82) is 0 Å². The first kappa shape index (κ1) is 17.5. The molecule has 0 spiro atoms. The molecule has 0 saturated carbocycles. The van der Waals surface area contributed by atoms with Gasteiger partial charge in [0.05, 0.1) is 0 Å². The number of hydrogen-bond donors (Lipinski definition) is 2. The molecule has 132 valence electrons. The lowest BCUT2D eigenvalue weighted by Gasteiger charge is -2.43. The lowest BCUT2D eigenvalue weighted by molar-refractivity contribution is -0.161. The number of carbonyl (C=O) groups is 3. The molecule has 25 heavy (non-hydrogen) atoms. The number of amides is 2. The number of nitrogens with one attached hydrogen (secondary N) is 1. The van der Waals surface area contributed by atoms with E-state index in [2.05, 4.69) is 17.0 Å². The Kier molecular flexibility index (Phi) is 4.32. The van der Waals surface area contributed by atoms with E-state index in [1.807, 2.05) is 6.07 Å². The van der Waals surface area contributed by atoms with E-state index < -0.39 is 34.7 Å². The number of carboxylic acid groups (broad SMARTS) is 1. The quantitative estimate of drug-likeness (QED) is 0.603. The first-order chi connectivity index (χ1) is 11.8. The summed E-state index contributed by atoms with van der Waals surface area (Å²) in [7, 11) is 0.